The Hall–Kier alpha value is -1.64. The molecule has 1 fully saturated rings. The molecule has 1 aromatic heterocycles. The third-order valence-corrected chi connectivity index (χ3v) is 6.94. The quantitative estimate of drug-likeness (QED) is 0.425. The van der Waals surface area contributed by atoms with Crippen LogP contribution in [-0.4, -0.2) is 6.61 Å². The highest BCUT2D eigenvalue weighted by Gasteiger charge is 2.23. The first kappa shape index (κ1) is 18.7. The average Bonchev–Trinajstić information content (AvgIpc) is 3.13. The van der Waals surface area contributed by atoms with E-state index in [-0.39, 0.29) is 0 Å². The number of aryl methyl sites for hydroxylation is 1. The highest BCUT2D eigenvalue weighted by Crippen LogP contribution is 2.39. The molecule has 0 bridgehead atoms. The van der Waals surface area contributed by atoms with Gasteiger partial charge in [0.1, 0.15) is 0 Å². The van der Waals surface area contributed by atoms with Crippen molar-refractivity contribution in [2.75, 3.05) is 6.61 Å². The first-order valence-electron chi connectivity index (χ1n) is 10.5. The summed E-state index contributed by atoms with van der Waals surface area (Å²) >= 11 is 1.91. The van der Waals surface area contributed by atoms with Gasteiger partial charge in [-0.25, -0.2) is 0 Å². The van der Waals surface area contributed by atoms with Crippen molar-refractivity contribution in [1.29, 1.82) is 0 Å². The monoisotopic (exact) mass is 378 g/mol. The molecule has 2 heteroatoms. The zero-order valence-corrected chi connectivity index (χ0v) is 17.4. The number of rotatable bonds is 6. The first-order valence-corrected chi connectivity index (χ1v) is 11.3. The molecule has 0 aliphatic carbocycles. The van der Waals surface area contributed by atoms with Gasteiger partial charge in [0, 0.05) is 9.58 Å². The lowest BCUT2D eigenvalue weighted by Crippen LogP contribution is -2.19. The van der Waals surface area contributed by atoms with Gasteiger partial charge >= 0.3 is 0 Å². The number of ether oxygens (including phenoxy) is 1. The van der Waals surface area contributed by atoms with Crippen LogP contribution in [0.2, 0.25) is 0 Å². The van der Waals surface area contributed by atoms with Crippen LogP contribution in [0.5, 0.6) is 0 Å². The van der Waals surface area contributed by atoms with Gasteiger partial charge in [-0.15, -0.1) is 11.3 Å². The summed E-state index contributed by atoms with van der Waals surface area (Å²) in [5.74, 6) is 0.767. The van der Waals surface area contributed by atoms with Crippen LogP contribution in [0.1, 0.15) is 62.5 Å². The molecule has 1 aliphatic rings. The summed E-state index contributed by atoms with van der Waals surface area (Å²) in [7, 11) is 0. The van der Waals surface area contributed by atoms with Crippen LogP contribution in [0.3, 0.4) is 0 Å². The number of benzene rings is 2. The minimum absolute atomic E-state index is 0.298. The molecule has 3 aromatic rings. The molecular formula is C25H30OS. The van der Waals surface area contributed by atoms with E-state index in [1.165, 1.54) is 63.8 Å². The molecule has 0 saturated carbocycles. The van der Waals surface area contributed by atoms with Crippen LogP contribution in [0.4, 0.5) is 0 Å². The Bertz CT molecular complexity index is 869. The molecule has 0 radical (unpaired) electrons. The maximum atomic E-state index is 6.22. The Morgan fingerprint density at radius 3 is 2.44 bits per heavy atom. The van der Waals surface area contributed by atoms with Crippen LogP contribution in [-0.2, 0) is 11.2 Å². The fraction of sp³-hybridized carbons (Fsp3) is 0.440. The van der Waals surface area contributed by atoms with E-state index < -0.39 is 0 Å². The SMILES string of the molecule is CCCc1ccc(-c2ccc3cc(C4CCC(CCC)CO4)sc3c2)cc1. The van der Waals surface area contributed by atoms with E-state index in [0.29, 0.717) is 6.10 Å². The van der Waals surface area contributed by atoms with Gasteiger partial charge in [-0.3, -0.25) is 0 Å². The zero-order valence-electron chi connectivity index (χ0n) is 16.5. The van der Waals surface area contributed by atoms with Crippen LogP contribution >= 0.6 is 11.3 Å². The fourth-order valence-electron chi connectivity index (χ4n) is 4.21. The van der Waals surface area contributed by atoms with Gasteiger partial charge in [0.25, 0.3) is 0 Å². The largest absolute Gasteiger partial charge is 0.372 e. The number of hydrogen-bond donors (Lipinski definition) is 0. The van der Waals surface area contributed by atoms with Crippen molar-refractivity contribution in [1.82, 2.24) is 0 Å². The summed E-state index contributed by atoms with van der Waals surface area (Å²) in [5.41, 5.74) is 4.05. The number of hydrogen-bond acceptors (Lipinski definition) is 2. The summed E-state index contributed by atoms with van der Waals surface area (Å²) < 4.78 is 7.59. The van der Waals surface area contributed by atoms with Crippen molar-refractivity contribution in [3.05, 3.63) is 59.0 Å². The Kier molecular flexibility index (Phi) is 5.95. The Labute approximate surface area is 167 Å². The van der Waals surface area contributed by atoms with E-state index in [1.54, 1.807) is 0 Å². The fourth-order valence-corrected chi connectivity index (χ4v) is 5.40. The Morgan fingerprint density at radius 2 is 1.74 bits per heavy atom. The summed E-state index contributed by atoms with van der Waals surface area (Å²) in [4.78, 5) is 1.40. The molecule has 1 saturated heterocycles. The second kappa shape index (κ2) is 8.58. The molecule has 27 heavy (non-hydrogen) atoms. The second-order valence-electron chi connectivity index (χ2n) is 7.90. The van der Waals surface area contributed by atoms with Gasteiger partial charge in [-0.2, -0.15) is 0 Å². The molecule has 1 aliphatic heterocycles. The van der Waals surface area contributed by atoms with Crippen molar-refractivity contribution in [3.8, 4) is 11.1 Å². The first-order chi connectivity index (χ1) is 13.3. The highest BCUT2D eigenvalue weighted by molar-refractivity contribution is 7.19. The lowest BCUT2D eigenvalue weighted by molar-refractivity contribution is -0.0175. The minimum Gasteiger partial charge on any atom is -0.372 e. The molecular weight excluding hydrogens is 348 g/mol. The molecule has 0 N–H and O–H groups in total. The van der Waals surface area contributed by atoms with E-state index in [2.05, 4.69) is 62.4 Å². The Morgan fingerprint density at radius 1 is 0.926 bits per heavy atom. The molecule has 1 nitrogen and oxygen atoms in total. The van der Waals surface area contributed by atoms with Gasteiger partial charge in [0.05, 0.1) is 12.7 Å². The van der Waals surface area contributed by atoms with Crippen molar-refractivity contribution < 1.29 is 4.74 Å². The molecule has 2 unspecified atom stereocenters. The number of thiophene rings is 1. The maximum Gasteiger partial charge on any atom is 0.0917 e. The number of fused-ring (bicyclic) bond motifs is 1. The molecule has 142 valence electrons. The average molecular weight is 379 g/mol. The molecule has 2 aromatic carbocycles. The Balaban J connectivity index is 1.52. The molecule has 2 heterocycles. The predicted octanol–water partition coefficient (Wildman–Crippen LogP) is 7.79. The summed E-state index contributed by atoms with van der Waals surface area (Å²) in [6.45, 7) is 5.44. The van der Waals surface area contributed by atoms with Gasteiger partial charge < -0.3 is 4.74 Å². The van der Waals surface area contributed by atoms with Crippen LogP contribution < -0.4 is 0 Å². The van der Waals surface area contributed by atoms with Crippen molar-refractivity contribution in [2.24, 2.45) is 5.92 Å². The molecule has 4 rings (SSSR count). The third kappa shape index (κ3) is 4.28. The van der Waals surface area contributed by atoms with E-state index in [1.807, 2.05) is 11.3 Å². The van der Waals surface area contributed by atoms with Gasteiger partial charge in [-0.1, -0.05) is 63.1 Å². The second-order valence-corrected chi connectivity index (χ2v) is 9.02. The van der Waals surface area contributed by atoms with Crippen molar-refractivity contribution in [2.45, 2.75) is 58.5 Å². The van der Waals surface area contributed by atoms with Crippen LogP contribution in [0.25, 0.3) is 21.2 Å². The molecule has 2 atom stereocenters. The van der Waals surface area contributed by atoms with E-state index in [9.17, 15) is 0 Å². The maximum absolute atomic E-state index is 6.22. The van der Waals surface area contributed by atoms with E-state index in [0.717, 1.165) is 18.9 Å². The lowest BCUT2D eigenvalue weighted by atomic mass is 9.94. The van der Waals surface area contributed by atoms with Crippen molar-refractivity contribution >= 4 is 21.4 Å². The topological polar surface area (TPSA) is 9.23 Å². The predicted molar refractivity (Wildman–Crippen MR) is 118 cm³/mol. The lowest BCUT2D eigenvalue weighted by Gasteiger charge is -2.28. The van der Waals surface area contributed by atoms with E-state index in [4.69, 9.17) is 4.74 Å². The molecule has 0 amide bonds. The highest BCUT2D eigenvalue weighted by atomic mass is 32.1. The summed E-state index contributed by atoms with van der Waals surface area (Å²) in [6.07, 6.45) is 7.71. The van der Waals surface area contributed by atoms with Crippen LogP contribution in [0, 0.1) is 5.92 Å². The summed E-state index contributed by atoms with van der Waals surface area (Å²) in [5, 5.41) is 1.35. The van der Waals surface area contributed by atoms with E-state index >= 15 is 0 Å². The standard InChI is InChI=1S/C25H30OS/c1-3-5-18-7-10-20(11-8-18)21-12-13-22-16-25(27-24(22)15-21)23-14-9-19(6-4-2)17-26-23/h7-8,10-13,15-16,19,23H,3-6,9,14,17H2,1-2H3. The zero-order chi connectivity index (χ0) is 18.6. The van der Waals surface area contributed by atoms with Crippen molar-refractivity contribution in [3.63, 3.8) is 0 Å². The third-order valence-electron chi connectivity index (χ3n) is 5.75. The molecule has 0 spiro atoms. The summed E-state index contributed by atoms with van der Waals surface area (Å²) in [6, 6.07) is 18.3. The smallest absolute Gasteiger partial charge is 0.0917 e. The normalized spacial score (nSPS) is 20.2. The van der Waals surface area contributed by atoms with Gasteiger partial charge in [0.15, 0.2) is 0 Å². The minimum atomic E-state index is 0.298. The van der Waals surface area contributed by atoms with Gasteiger partial charge in [-0.05, 0) is 65.8 Å². The van der Waals surface area contributed by atoms with Crippen LogP contribution in [0.15, 0.2) is 48.5 Å². The van der Waals surface area contributed by atoms with Gasteiger partial charge in [0.2, 0.25) is 0 Å².